The molecule has 7 heteroatoms. The van der Waals surface area contributed by atoms with Gasteiger partial charge < -0.3 is 10.2 Å². The number of rotatable bonds is 4. The summed E-state index contributed by atoms with van der Waals surface area (Å²) in [7, 11) is -2.82. The number of nitrogens with zero attached hydrogens (tertiary/aromatic N) is 2. The lowest BCUT2D eigenvalue weighted by atomic mass is 9.99. The number of nitrogens with one attached hydrogen (secondary N) is 1. The smallest absolute Gasteiger partial charge is 0.194 e. The van der Waals surface area contributed by atoms with E-state index in [1.54, 1.807) is 0 Å². The lowest BCUT2D eigenvalue weighted by Crippen LogP contribution is -2.41. The molecule has 2 saturated heterocycles. The van der Waals surface area contributed by atoms with Crippen LogP contribution in [0, 0.1) is 5.92 Å². The molecule has 4 rings (SSSR count). The molecule has 144 valence electrons. The molecule has 5 nitrogen and oxygen atoms in total. The molecule has 1 aromatic rings. The molecule has 26 heavy (non-hydrogen) atoms. The van der Waals surface area contributed by atoms with Gasteiger partial charge in [0, 0.05) is 31.6 Å². The minimum absolute atomic E-state index is 0. The Bertz CT molecular complexity index is 734. The van der Waals surface area contributed by atoms with Gasteiger partial charge in [0.2, 0.25) is 0 Å². The zero-order valence-electron chi connectivity index (χ0n) is 15.0. The minimum Gasteiger partial charge on any atom is -0.354 e. The predicted octanol–water partition coefficient (Wildman–Crippen LogP) is 2.64. The summed E-state index contributed by atoms with van der Waals surface area (Å²) in [5, 5.41) is 3.58. The third-order valence-corrected chi connectivity index (χ3v) is 7.33. The summed E-state index contributed by atoms with van der Waals surface area (Å²) in [6, 6.07) is 11.3. The number of benzene rings is 1. The number of hydrogen-bond donors (Lipinski definition) is 1. The summed E-state index contributed by atoms with van der Waals surface area (Å²) in [5.41, 5.74) is 1.40. The maximum Gasteiger partial charge on any atom is 0.194 e. The van der Waals surface area contributed by atoms with Crippen LogP contribution >= 0.6 is 24.0 Å². The highest BCUT2D eigenvalue weighted by atomic mass is 127. The number of hydrogen-bond acceptors (Lipinski definition) is 3. The molecule has 1 aliphatic carbocycles. The maximum atomic E-state index is 11.7. The average Bonchev–Trinajstić information content (AvgIpc) is 3.16. The van der Waals surface area contributed by atoms with Crippen molar-refractivity contribution in [2.24, 2.45) is 10.9 Å². The molecule has 1 N–H and O–H groups in total. The number of aliphatic imine (C=N–C) groups is 1. The second kappa shape index (κ2) is 8.46. The highest BCUT2D eigenvalue weighted by Crippen LogP contribution is 2.28. The Morgan fingerprint density at radius 2 is 1.92 bits per heavy atom. The van der Waals surface area contributed by atoms with Gasteiger partial charge in [0.15, 0.2) is 15.8 Å². The van der Waals surface area contributed by atoms with E-state index in [0.717, 1.165) is 31.9 Å². The summed E-state index contributed by atoms with van der Waals surface area (Å²) >= 11 is 0. The molecule has 3 aliphatic rings. The fraction of sp³-hybridized carbons (Fsp3) is 0.632. The van der Waals surface area contributed by atoms with E-state index in [-0.39, 0.29) is 29.9 Å². The molecule has 1 saturated carbocycles. The van der Waals surface area contributed by atoms with Gasteiger partial charge in [-0.05, 0) is 37.2 Å². The van der Waals surface area contributed by atoms with Crippen LogP contribution in [0.2, 0.25) is 0 Å². The van der Waals surface area contributed by atoms with Crippen molar-refractivity contribution in [3.63, 3.8) is 0 Å². The summed E-state index contributed by atoms with van der Waals surface area (Å²) < 4.78 is 23.3. The Morgan fingerprint density at radius 1 is 1.15 bits per heavy atom. The molecule has 0 aromatic heterocycles. The van der Waals surface area contributed by atoms with Crippen molar-refractivity contribution >= 4 is 39.8 Å². The normalized spacial score (nSPS) is 28.0. The monoisotopic (exact) mass is 489 g/mol. The summed E-state index contributed by atoms with van der Waals surface area (Å²) in [4.78, 5) is 7.19. The molecule has 2 unspecified atom stereocenters. The van der Waals surface area contributed by atoms with Gasteiger partial charge in [-0.3, -0.25) is 4.99 Å². The lowest BCUT2D eigenvalue weighted by Gasteiger charge is -2.23. The van der Waals surface area contributed by atoms with Crippen LogP contribution < -0.4 is 5.32 Å². The summed E-state index contributed by atoms with van der Waals surface area (Å²) in [6.07, 6.45) is 4.34. The number of guanidine groups is 1. The van der Waals surface area contributed by atoms with Gasteiger partial charge in [-0.1, -0.05) is 30.3 Å². The van der Waals surface area contributed by atoms with E-state index in [4.69, 9.17) is 4.99 Å². The van der Waals surface area contributed by atoms with Gasteiger partial charge in [-0.2, -0.15) is 0 Å². The van der Waals surface area contributed by atoms with Crippen molar-refractivity contribution in [1.82, 2.24) is 10.2 Å². The first-order valence-corrected chi connectivity index (χ1v) is 11.2. The maximum absolute atomic E-state index is 11.7. The van der Waals surface area contributed by atoms with Crippen LogP contribution in [-0.2, 0) is 9.84 Å². The lowest BCUT2D eigenvalue weighted by molar-refractivity contribution is 0.478. The van der Waals surface area contributed by atoms with E-state index in [1.807, 2.05) is 0 Å². The fourth-order valence-electron chi connectivity index (χ4n) is 3.83. The van der Waals surface area contributed by atoms with E-state index >= 15 is 0 Å². The topological polar surface area (TPSA) is 61.8 Å². The van der Waals surface area contributed by atoms with E-state index in [0.29, 0.717) is 30.0 Å². The van der Waals surface area contributed by atoms with Gasteiger partial charge in [-0.15, -0.1) is 24.0 Å². The summed E-state index contributed by atoms with van der Waals surface area (Å²) in [6.45, 7) is 2.63. The van der Waals surface area contributed by atoms with Crippen molar-refractivity contribution < 1.29 is 8.42 Å². The van der Waals surface area contributed by atoms with Gasteiger partial charge in [0.25, 0.3) is 0 Å². The molecule has 2 aliphatic heterocycles. The highest BCUT2D eigenvalue weighted by Gasteiger charge is 2.31. The Hall–Kier alpha value is -0.830. The molecule has 2 atom stereocenters. The van der Waals surface area contributed by atoms with Crippen LogP contribution in [0.25, 0.3) is 0 Å². The van der Waals surface area contributed by atoms with Gasteiger partial charge in [0.05, 0.1) is 11.5 Å². The van der Waals surface area contributed by atoms with E-state index in [1.165, 1.54) is 18.4 Å². The number of sulfone groups is 1. The first-order valence-electron chi connectivity index (χ1n) is 9.40. The van der Waals surface area contributed by atoms with E-state index in [2.05, 4.69) is 40.5 Å². The van der Waals surface area contributed by atoms with Crippen LogP contribution in [0.5, 0.6) is 0 Å². The van der Waals surface area contributed by atoms with Crippen LogP contribution in [0.15, 0.2) is 35.3 Å². The molecule has 3 fully saturated rings. The molecule has 0 bridgehead atoms. The third-order valence-electron chi connectivity index (χ3n) is 5.50. The Balaban J connectivity index is 0.00000196. The quantitative estimate of drug-likeness (QED) is 0.402. The van der Waals surface area contributed by atoms with Crippen LogP contribution in [0.1, 0.15) is 37.2 Å². The van der Waals surface area contributed by atoms with Crippen LogP contribution in [0.4, 0.5) is 0 Å². The minimum atomic E-state index is -2.82. The van der Waals surface area contributed by atoms with Gasteiger partial charge in [-0.25, -0.2) is 8.42 Å². The average molecular weight is 489 g/mol. The second-order valence-electron chi connectivity index (χ2n) is 7.69. The van der Waals surface area contributed by atoms with Crippen LogP contribution in [-0.4, -0.2) is 56.5 Å². The second-order valence-corrected chi connectivity index (χ2v) is 9.92. The molecule has 0 amide bonds. The van der Waals surface area contributed by atoms with Crippen LogP contribution in [0.3, 0.4) is 0 Å². The van der Waals surface area contributed by atoms with Crippen molar-refractivity contribution in [1.29, 1.82) is 0 Å². The summed E-state index contributed by atoms with van der Waals surface area (Å²) in [5.74, 6) is 2.37. The molecule has 0 spiro atoms. The largest absolute Gasteiger partial charge is 0.354 e. The van der Waals surface area contributed by atoms with Crippen molar-refractivity contribution in [2.75, 3.05) is 31.1 Å². The fourth-order valence-corrected chi connectivity index (χ4v) is 5.68. The van der Waals surface area contributed by atoms with Crippen molar-refractivity contribution in [3.05, 3.63) is 35.9 Å². The number of likely N-dealkylation sites (tertiary alicyclic amines) is 1. The van der Waals surface area contributed by atoms with Crippen molar-refractivity contribution in [2.45, 2.75) is 37.6 Å². The van der Waals surface area contributed by atoms with E-state index < -0.39 is 9.84 Å². The first kappa shape index (κ1) is 19.9. The Morgan fingerprint density at radius 3 is 2.58 bits per heavy atom. The van der Waals surface area contributed by atoms with E-state index in [9.17, 15) is 8.42 Å². The standard InChI is InChI=1S/C19H27N3O2S.HI/c23-25(24)11-9-15(14-25)12-20-19(21-18-6-7-18)22-10-8-17(13-22)16-4-2-1-3-5-16;/h1-5,15,17-18H,6-14H2,(H,20,21);1H. The molecular weight excluding hydrogens is 461 g/mol. The molecule has 0 radical (unpaired) electrons. The zero-order valence-corrected chi connectivity index (χ0v) is 18.2. The molecular formula is C19H28IN3O2S. The third kappa shape index (κ3) is 5.12. The number of halogens is 1. The SMILES string of the molecule is I.O=S1(=O)CCC(CN=C(NC2CC2)N2CCC(c3ccccc3)C2)C1. The Kier molecular flexibility index (Phi) is 6.48. The first-order chi connectivity index (χ1) is 12.1. The predicted molar refractivity (Wildman–Crippen MR) is 116 cm³/mol. The van der Waals surface area contributed by atoms with Crippen molar-refractivity contribution in [3.8, 4) is 0 Å². The molecule has 2 heterocycles. The van der Waals surface area contributed by atoms with Gasteiger partial charge in [0.1, 0.15) is 0 Å². The highest BCUT2D eigenvalue weighted by molar-refractivity contribution is 14.0. The molecule has 1 aromatic carbocycles. The van der Waals surface area contributed by atoms with Gasteiger partial charge >= 0.3 is 0 Å². The zero-order chi connectivity index (χ0) is 17.3. The Labute approximate surface area is 173 Å².